The van der Waals surface area contributed by atoms with Crippen molar-refractivity contribution in [2.24, 2.45) is 5.73 Å². The predicted molar refractivity (Wildman–Crippen MR) is 111 cm³/mol. The first-order chi connectivity index (χ1) is 15.2. The zero-order chi connectivity index (χ0) is 23.6. The zero-order valence-corrected chi connectivity index (χ0v) is 17.8. The number of carbonyl (C=O) groups is 4. The van der Waals surface area contributed by atoms with Gasteiger partial charge in [0.15, 0.2) is 0 Å². The molecule has 0 aromatic heterocycles. The molecule has 1 aromatic rings. The highest BCUT2D eigenvalue weighted by molar-refractivity contribution is 6.23. The van der Waals surface area contributed by atoms with Crippen LogP contribution < -0.4 is 10.6 Å². The van der Waals surface area contributed by atoms with E-state index in [2.05, 4.69) is 6.58 Å². The van der Waals surface area contributed by atoms with Gasteiger partial charge in [-0.3, -0.25) is 14.5 Å². The van der Waals surface area contributed by atoms with Crippen LogP contribution in [-0.4, -0.2) is 51.2 Å². The number of anilines is 1. The van der Waals surface area contributed by atoms with Crippen molar-refractivity contribution in [3.05, 3.63) is 65.3 Å². The number of carbonyl (C=O) groups excluding carboxylic acids is 4. The minimum absolute atomic E-state index is 0.0349. The molecule has 1 amide bonds. The van der Waals surface area contributed by atoms with Crippen LogP contribution in [0.15, 0.2) is 59.7 Å². The molecule has 2 aliphatic rings. The Morgan fingerprint density at radius 1 is 1.16 bits per heavy atom. The zero-order valence-electron chi connectivity index (χ0n) is 17.8. The molecule has 1 unspecified atom stereocenters. The first-order valence-corrected chi connectivity index (χ1v) is 9.49. The Balaban J connectivity index is 2.38. The number of allylic oxidation sites excluding steroid dienone is 1. The summed E-state index contributed by atoms with van der Waals surface area (Å²) in [5.74, 6) is -3.82. The number of para-hydroxylation sites is 1. The summed E-state index contributed by atoms with van der Waals surface area (Å²) in [5.41, 5.74) is 3.89. The highest BCUT2D eigenvalue weighted by Crippen LogP contribution is 2.54. The molecule has 3 rings (SSSR count). The second-order valence-corrected chi connectivity index (χ2v) is 6.89. The van der Waals surface area contributed by atoms with Crippen molar-refractivity contribution >= 4 is 29.5 Å². The van der Waals surface area contributed by atoms with Gasteiger partial charge in [0.05, 0.1) is 14.2 Å². The van der Waals surface area contributed by atoms with Gasteiger partial charge in [0.2, 0.25) is 11.8 Å². The van der Waals surface area contributed by atoms with Gasteiger partial charge in [0, 0.05) is 11.3 Å². The number of nitrogens with zero attached hydrogens (tertiary/aromatic N) is 1. The minimum Gasteiger partial charge on any atom is -0.468 e. The third-order valence-electron chi connectivity index (χ3n) is 5.22. The number of esters is 3. The lowest BCUT2D eigenvalue weighted by molar-refractivity contribution is -0.142. The van der Waals surface area contributed by atoms with E-state index < -0.39 is 41.7 Å². The van der Waals surface area contributed by atoms with Gasteiger partial charge >= 0.3 is 17.9 Å². The normalized spacial score (nSPS) is 19.5. The molecule has 0 radical (unpaired) electrons. The van der Waals surface area contributed by atoms with E-state index in [1.54, 1.807) is 24.3 Å². The molecule has 2 N–H and O–H groups in total. The number of nitrogens with two attached hydrogens (primary N) is 1. The number of methoxy groups -OCH3 is 2. The van der Waals surface area contributed by atoms with Crippen molar-refractivity contribution in [2.45, 2.75) is 12.3 Å². The number of ether oxygens (including phenoxy) is 4. The van der Waals surface area contributed by atoms with E-state index in [9.17, 15) is 19.2 Å². The molecule has 10 heteroatoms. The molecule has 0 saturated heterocycles. The van der Waals surface area contributed by atoms with Crippen LogP contribution in [0.5, 0.6) is 0 Å². The van der Waals surface area contributed by atoms with Gasteiger partial charge in [0.25, 0.3) is 0 Å². The van der Waals surface area contributed by atoms with E-state index in [0.717, 1.165) is 12.0 Å². The van der Waals surface area contributed by atoms with Gasteiger partial charge in [0.1, 0.15) is 35.5 Å². The first kappa shape index (κ1) is 22.6. The number of benzene rings is 1. The summed E-state index contributed by atoms with van der Waals surface area (Å²) in [6.07, 6.45) is 1.35. The predicted octanol–water partition coefficient (Wildman–Crippen LogP) is 0.821. The SMILES string of the molecule is C=CCOC(=O)C1=C(C)OC(N)=C(C(=O)OC)C12C(=O)N(CC(=O)OC)c1ccccc12. The fourth-order valence-electron chi connectivity index (χ4n) is 3.99. The Morgan fingerprint density at radius 2 is 1.84 bits per heavy atom. The molecule has 0 bridgehead atoms. The quantitative estimate of drug-likeness (QED) is 0.386. The molecule has 2 aliphatic heterocycles. The average molecular weight is 442 g/mol. The second-order valence-electron chi connectivity index (χ2n) is 6.89. The van der Waals surface area contributed by atoms with Crippen LogP contribution in [-0.2, 0) is 43.5 Å². The third-order valence-corrected chi connectivity index (χ3v) is 5.22. The lowest BCUT2D eigenvalue weighted by Crippen LogP contribution is -2.51. The Bertz CT molecular complexity index is 1090. The summed E-state index contributed by atoms with van der Waals surface area (Å²) in [5, 5.41) is 0. The maximum atomic E-state index is 14.0. The Hall–Kier alpha value is -4.08. The summed E-state index contributed by atoms with van der Waals surface area (Å²) >= 11 is 0. The smallest absolute Gasteiger partial charge is 0.340 e. The van der Waals surface area contributed by atoms with Crippen molar-refractivity contribution in [1.82, 2.24) is 0 Å². The van der Waals surface area contributed by atoms with Crippen LogP contribution in [0.4, 0.5) is 5.69 Å². The highest BCUT2D eigenvalue weighted by Gasteiger charge is 2.64. The van der Waals surface area contributed by atoms with Crippen LogP contribution in [0.25, 0.3) is 0 Å². The summed E-state index contributed by atoms with van der Waals surface area (Å²) in [7, 11) is 2.29. The molecule has 0 aliphatic carbocycles. The summed E-state index contributed by atoms with van der Waals surface area (Å²) in [6.45, 7) is 4.31. The van der Waals surface area contributed by atoms with Gasteiger partial charge in [-0.1, -0.05) is 30.9 Å². The fourth-order valence-corrected chi connectivity index (χ4v) is 3.99. The molecule has 1 aromatic carbocycles. The second kappa shape index (κ2) is 8.58. The lowest BCUT2D eigenvalue weighted by atomic mass is 9.67. The van der Waals surface area contributed by atoms with Crippen LogP contribution in [0.1, 0.15) is 12.5 Å². The molecule has 0 fully saturated rings. The molecular formula is C22H22N2O8. The average Bonchev–Trinajstić information content (AvgIpc) is 3.00. The van der Waals surface area contributed by atoms with Gasteiger partial charge in [-0.15, -0.1) is 0 Å². The van der Waals surface area contributed by atoms with Crippen LogP contribution in [0.2, 0.25) is 0 Å². The summed E-state index contributed by atoms with van der Waals surface area (Å²) in [4.78, 5) is 53.2. The summed E-state index contributed by atoms with van der Waals surface area (Å²) in [6, 6.07) is 6.40. The Labute approximate surface area is 183 Å². The molecule has 32 heavy (non-hydrogen) atoms. The van der Waals surface area contributed by atoms with Crippen molar-refractivity contribution < 1.29 is 38.1 Å². The lowest BCUT2D eigenvalue weighted by Gasteiger charge is -2.36. The van der Waals surface area contributed by atoms with Gasteiger partial charge in [-0.2, -0.15) is 0 Å². The molecule has 168 valence electrons. The van der Waals surface area contributed by atoms with Crippen molar-refractivity contribution in [3.8, 4) is 0 Å². The molecule has 10 nitrogen and oxygen atoms in total. The van der Waals surface area contributed by atoms with Crippen LogP contribution >= 0.6 is 0 Å². The van der Waals surface area contributed by atoms with Crippen molar-refractivity contribution in [3.63, 3.8) is 0 Å². The van der Waals surface area contributed by atoms with E-state index in [-0.39, 0.29) is 29.1 Å². The highest BCUT2D eigenvalue weighted by atomic mass is 16.5. The van der Waals surface area contributed by atoms with E-state index in [1.807, 2.05) is 0 Å². The van der Waals surface area contributed by atoms with Gasteiger partial charge in [-0.05, 0) is 13.0 Å². The van der Waals surface area contributed by atoms with Gasteiger partial charge < -0.3 is 24.7 Å². The number of hydrogen-bond donors (Lipinski definition) is 1. The fraction of sp³-hybridized carbons (Fsp3) is 0.273. The maximum Gasteiger partial charge on any atom is 0.340 e. The van der Waals surface area contributed by atoms with Crippen LogP contribution in [0, 0.1) is 0 Å². The minimum atomic E-state index is -2.05. The molecule has 0 saturated carbocycles. The number of amides is 1. The van der Waals surface area contributed by atoms with Crippen molar-refractivity contribution in [1.29, 1.82) is 0 Å². The summed E-state index contributed by atoms with van der Waals surface area (Å²) < 4.78 is 20.3. The monoisotopic (exact) mass is 442 g/mol. The molecular weight excluding hydrogens is 420 g/mol. The standard InChI is InChI=1S/C22H22N2O8/c1-5-10-31-20(27)16-12(2)32-18(23)17(19(26)30-4)22(16)13-8-6-7-9-14(13)24(21(22)28)11-15(25)29-3/h5-9H,1,10-11,23H2,2-4H3. The molecule has 1 spiro atoms. The van der Waals surface area contributed by atoms with Gasteiger partial charge in [-0.25, -0.2) is 9.59 Å². The Morgan fingerprint density at radius 3 is 2.47 bits per heavy atom. The number of rotatable bonds is 6. The Kier molecular flexibility index (Phi) is 6.06. The largest absolute Gasteiger partial charge is 0.468 e. The van der Waals surface area contributed by atoms with Crippen molar-refractivity contribution in [2.75, 3.05) is 32.3 Å². The van der Waals surface area contributed by atoms with E-state index in [0.29, 0.717) is 5.69 Å². The first-order valence-electron chi connectivity index (χ1n) is 9.49. The number of fused-ring (bicyclic) bond motifs is 2. The topological polar surface area (TPSA) is 134 Å². The van der Waals surface area contributed by atoms with E-state index >= 15 is 0 Å². The maximum absolute atomic E-state index is 14.0. The van der Waals surface area contributed by atoms with E-state index in [1.165, 1.54) is 20.1 Å². The third kappa shape index (κ3) is 3.20. The number of hydrogen-bond acceptors (Lipinski definition) is 9. The van der Waals surface area contributed by atoms with Crippen LogP contribution in [0.3, 0.4) is 0 Å². The van der Waals surface area contributed by atoms with E-state index in [4.69, 9.17) is 24.7 Å². The molecule has 1 atom stereocenters. The molecule has 2 heterocycles.